The quantitative estimate of drug-likeness (QED) is 0.943. The Morgan fingerprint density at radius 2 is 2.45 bits per heavy atom. The third-order valence-corrected chi connectivity index (χ3v) is 4.76. The normalized spacial score (nSPS) is 17.5. The molecule has 1 aliphatic heterocycles. The Kier molecular flexibility index (Phi) is 4.58. The number of hydrogen-bond acceptors (Lipinski definition) is 4. The lowest BCUT2D eigenvalue weighted by atomic mass is 10.3. The van der Waals surface area contributed by atoms with Crippen LogP contribution in [0.25, 0.3) is 0 Å². The number of likely N-dealkylation sites (tertiary alicyclic amines) is 1. The Bertz CT molecular complexity index is 629. The molecule has 1 saturated heterocycles. The molecule has 0 aromatic carbocycles. The summed E-state index contributed by atoms with van der Waals surface area (Å²) < 4.78 is 5.84. The van der Waals surface area contributed by atoms with Crippen LogP contribution in [0.2, 0.25) is 0 Å². The minimum atomic E-state index is -0.0231. The van der Waals surface area contributed by atoms with Crippen LogP contribution in [-0.2, 0) is 6.54 Å². The Morgan fingerprint density at radius 1 is 1.55 bits per heavy atom. The van der Waals surface area contributed by atoms with Crippen molar-refractivity contribution in [1.82, 2.24) is 15.2 Å². The number of nitrogens with zero attached hydrogens (tertiary/aromatic N) is 2. The molecule has 3 heterocycles. The van der Waals surface area contributed by atoms with Gasteiger partial charge in [0.05, 0.1) is 19.3 Å². The van der Waals surface area contributed by atoms with Crippen LogP contribution in [0.1, 0.15) is 16.9 Å². The van der Waals surface area contributed by atoms with E-state index in [-0.39, 0.29) is 12.1 Å². The molecule has 3 rings (SSSR count). The van der Waals surface area contributed by atoms with Crippen molar-refractivity contribution in [2.45, 2.75) is 26.0 Å². The molecule has 1 aliphatic rings. The lowest BCUT2D eigenvalue weighted by Gasteiger charge is -2.17. The number of carbonyl (C=O) groups is 1. The minimum Gasteiger partial charge on any atom is -0.487 e. The molecule has 0 radical (unpaired) electrons. The van der Waals surface area contributed by atoms with Gasteiger partial charge in [-0.1, -0.05) is 0 Å². The van der Waals surface area contributed by atoms with Crippen molar-refractivity contribution in [3.8, 4) is 5.75 Å². The number of ether oxygens (including phenoxy) is 1. The lowest BCUT2D eigenvalue weighted by Crippen LogP contribution is -2.39. The summed E-state index contributed by atoms with van der Waals surface area (Å²) in [5.74, 6) is 0.754. The summed E-state index contributed by atoms with van der Waals surface area (Å²) in [5, 5.41) is 5.03. The van der Waals surface area contributed by atoms with Gasteiger partial charge in [0.1, 0.15) is 11.9 Å². The van der Waals surface area contributed by atoms with Crippen molar-refractivity contribution in [3.63, 3.8) is 0 Å². The molecule has 116 valence electrons. The number of pyridine rings is 1. The third kappa shape index (κ3) is 3.57. The van der Waals surface area contributed by atoms with E-state index in [0.717, 1.165) is 18.7 Å². The fraction of sp³-hybridized carbons (Fsp3) is 0.375. The number of carbonyl (C=O) groups excluding carboxylic acids is 1. The van der Waals surface area contributed by atoms with E-state index in [2.05, 4.69) is 23.3 Å². The first kappa shape index (κ1) is 14.8. The van der Waals surface area contributed by atoms with Gasteiger partial charge in [-0.05, 0) is 36.1 Å². The van der Waals surface area contributed by atoms with Crippen LogP contribution < -0.4 is 10.1 Å². The maximum absolute atomic E-state index is 12.2. The van der Waals surface area contributed by atoms with Crippen LogP contribution in [0.4, 0.5) is 4.79 Å². The van der Waals surface area contributed by atoms with Crippen LogP contribution in [0, 0.1) is 6.92 Å². The largest absolute Gasteiger partial charge is 0.487 e. The fourth-order valence-corrected chi connectivity index (χ4v) is 3.32. The lowest BCUT2D eigenvalue weighted by molar-refractivity contribution is 0.186. The molecule has 6 heteroatoms. The Balaban J connectivity index is 1.47. The molecular formula is C16H19N3O2S. The first-order chi connectivity index (χ1) is 10.7. The number of amides is 2. The van der Waals surface area contributed by atoms with Gasteiger partial charge in [0, 0.05) is 24.0 Å². The van der Waals surface area contributed by atoms with Crippen molar-refractivity contribution in [1.29, 1.82) is 0 Å². The molecule has 0 spiro atoms. The van der Waals surface area contributed by atoms with Crippen molar-refractivity contribution < 1.29 is 9.53 Å². The van der Waals surface area contributed by atoms with Gasteiger partial charge in [0.2, 0.25) is 0 Å². The summed E-state index contributed by atoms with van der Waals surface area (Å²) in [7, 11) is 0. The molecule has 1 fully saturated rings. The first-order valence-corrected chi connectivity index (χ1v) is 8.23. The zero-order valence-electron chi connectivity index (χ0n) is 12.5. The summed E-state index contributed by atoms with van der Waals surface area (Å²) in [6, 6.07) is 5.78. The van der Waals surface area contributed by atoms with Gasteiger partial charge >= 0.3 is 6.03 Å². The number of nitrogens with one attached hydrogen (secondary N) is 1. The van der Waals surface area contributed by atoms with Gasteiger partial charge in [-0.2, -0.15) is 0 Å². The van der Waals surface area contributed by atoms with E-state index >= 15 is 0 Å². The van der Waals surface area contributed by atoms with Crippen LogP contribution in [-0.4, -0.2) is 35.1 Å². The highest BCUT2D eigenvalue weighted by Crippen LogP contribution is 2.18. The summed E-state index contributed by atoms with van der Waals surface area (Å²) in [4.78, 5) is 19.2. The fourth-order valence-electron chi connectivity index (χ4n) is 2.47. The highest BCUT2D eigenvalue weighted by atomic mass is 32.1. The zero-order valence-corrected chi connectivity index (χ0v) is 13.3. The molecule has 2 aromatic heterocycles. The second kappa shape index (κ2) is 6.79. The van der Waals surface area contributed by atoms with Crippen LogP contribution >= 0.6 is 11.3 Å². The van der Waals surface area contributed by atoms with Gasteiger partial charge in [-0.3, -0.25) is 4.98 Å². The van der Waals surface area contributed by atoms with E-state index in [9.17, 15) is 4.79 Å². The maximum Gasteiger partial charge on any atom is 0.317 e. The van der Waals surface area contributed by atoms with Crippen LogP contribution in [0.15, 0.2) is 36.0 Å². The molecule has 5 nitrogen and oxygen atoms in total. The second-order valence-corrected chi connectivity index (χ2v) is 6.35. The molecule has 22 heavy (non-hydrogen) atoms. The minimum absolute atomic E-state index is 0.0231. The summed E-state index contributed by atoms with van der Waals surface area (Å²) >= 11 is 1.67. The van der Waals surface area contributed by atoms with Crippen molar-refractivity contribution in [2.24, 2.45) is 0 Å². The van der Waals surface area contributed by atoms with Crippen molar-refractivity contribution >= 4 is 17.4 Å². The predicted molar refractivity (Wildman–Crippen MR) is 86.1 cm³/mol. The molecular weight excluding hydrogens is 298 g/mol. The number of rotatable bonds is 4. The van der Waals surface area contributed by atoms with E-state index < -0.39 is 0 Å². The standard InChI is InChI=1S/C16H19N3O2S/c1-12-5-8-22-15(12)10-18-16(20)19-7-4-14(11-19)21-13-3-2-6-17-9-13/h2-3,5-6,8-9,14H,4,7,10-11H2,1H3,(H,18,20)/t14-/m0/s1. The van der Waals surface area contributed by atoms with E-state index in [1.54, 1.807) is 23.7 Å². The van der Waals surface area contributed by atoms with Gasteiger partial charge in [-0.25, -0.2) is 4.79 Å². The van der Waals surface area contributed by atoms with Gasteiger partial charge in [-0.15, -0.1) is 11.3 Å². The van der Waals surface area contributed by atoms with E-state index in [1.165, 1.54) is 10.4 Å². The van der Waals surface area contributed by atoms with Crippen molar-refractivity contribution in [2.75, 3.05) is 13.1 Å². The number of thiophene rings is 1. The highest BCUT2D eigenvalue weighted by Gasteiger charge is 2.27. The summed E-state index contributed by atoms with van der Waals surface area (Å²) in [6.07, 6.45) is 4.30. The topological polar surface area (TPSA) is 54.5 Å². The first-order valence-electron chi connectivity index (χ1n) is 7.35. The Labute approximate surface area is 133 Å². The molecule has 0 unspecified atom stereocenters. The van der Waals surface area contributed by atoms with Crippen LogP contribution in [0.5, 0.6) is 5.75 Å². The number of urea groups is 1. The van der Waals surface area contributed by atoms with Gasteiger partial charge in [0.25, 0.3) is 0 Å². The Morgan fingerprint density at radius 3 is 3.18 bits per heavy atom. The van der Waals surface area contributed by atoms with E-state index in [4.69, 9.17) is 4.74 Å². The van der Waals surface area contributed by atoms with E-state index in [1.807, 2.05) is 22.4 Å². The molecule has 0 aliphatic carbocycles. The molecule has 1 N–H and O–H groups in total. The predicted octanol–water partition coefficient (Wildman–Crippen LogP) is 2.81. The smallest absolute Gasteiger partial charge is 0.317 e. The van der Waals surface area contributed by atoms with Crippen molar-refractivity contribution in [3.05, 3.63) is 46.4 Å². The second-order valence-electron chi connectivity index (χ2n) is 5.35. The molecule has 2 aromatic rings. The molecule has 0 saturated carbocycles. The summed E-state index contributed by atoms with van der Waals surface area (Å²) in [5.41, 5.74) is 1.23. The number of aryl methyl sites for hydroxylation is 1. The number of aromatic nitrogens is 1. The van der Waals surface area contributed by atoms with Gasteiger partial charge in [0.15, 0.2) is 0 Å². The maximum atomic E-state index is 12.2. The molecule has 1 atom stereocenters. The average molecular weight is 317 g/mol. The monoisotopic (exact) mass is 317 g/mol. The number of hydrogen-bond donors (Lipinski definition) is 1. The molecule has 2 amide bonds. The summed E-state index contributed by atoms with van der Waals surface area (Å²) in [6.45, 7) is 3.99. The zero-order chi connectivity index (χ0) is 15.4. The van der Waals surface area contributed by atoms with Crippen LogP contribution in [0.3, 0.4) is 0 Å². The highest BCUT2D eigenvalue weighted by molar-refractivity contribution is 7.10. The SMILES string of the molecule is Cc1ccsc1CNC(=O)N1CC[C@H](Oc2cccnc2)C1. The average Bonchev–Trinajstić information content (AvgIpc) is 3.15. The Hall–Kier alpha value is -2.08. The molecule has 0 bridgehead atoms. The third-order valence-electron chi connectivity index (χ3n) is 3.74. The van der Waals surface area contributed by atoms with Gasteiger partial charge < -0.3 is 15.0 Å². The van der Waals surface area contributed by atoms with E-state index in [0.29, 0.717) is 13.1 Å².